The second-order valence-corrected chi connectivity index (χ2v) is 3.36. The molecule has 1 aromatic rings. The number of benzene rings is 1. The van der Waals surface area contributed by atoms with Crippen molar-refractivity contribution < 1.29 is 9.57 Å². The monoisotopic (exact) mass is 181 g/mol. The Morgan fingerprint density at radius 2 is 2.00 bits per heavy atom. The van der Waals surface area contributed by atoms with Crippen molar-refractivity contribution >= 4 is 0 Å². The minimum absolute atomic E-state index is 0.478. The second-order valence-electron chi connectivity index (χ2n) is 3.36. The van der Waals surface area contributed by atoms with Gasteiger partial charge in [-0.2, -0.15) is 0 Å². The van der Waals surface area contributed by atoms with Crippen molar-refractivity contribution in [1.29, 1.82) is 0 Å². The van der Waals surface area contributed by atoms with Gasteiger partial charge in [-0.05, 0) is 31.5 Å². The van der Waals surface area contributed by atoms with Gasteiger partial charge in [0.05, 0.1) is 7.11 Å². The summed E-state index contributed by atoms with van der Waals surface area (Å²) in [6.07, 6.45) is 0. The molecule has 0 amide bonds. The molecule has 0 atom stereocenters. The molecule has 0 radical (unpaired) electrons. The van der Waals surface area contributed by atoms with Crippen molar-refractivity contribution in [3.8, 4) is 5.75 Å². The molecule has 0 aliphatic rings. The zero-order valence-electron chi connectivity index (χ0n) is 8.20. The zero-order valence-corrected chi connectivity index (χ0v) is 8.20. The summed E-state index contributed by atoms with van der Waals surface area (Å²) >= 11 is 0. The van der Waals surface area contributed by atoms with Crippen LogP contribution in [0.4, 0.5) is 0 Å². The van der Waals surface area contributed by atoms with Crippen LogP contribution in [-0.2, 0) is 10.4 Å². The normalized spacial score (nSPS) is 11.4. The van der Waals surface area contributed by atoms with Crippen LogP contribution >= 0.6 is 0 Å². The number of methoxy groups -OCH3 is 1. The van der Waals surface area contributed by atoms with Crippen LogP contribution in [0.2, 0.25) is 0 Å². The lowest BCUT2D eigenvalue weighted by Crippen LogP contribution is -2.25. The Hall–Kier alpha value is -1.06. The molecule has 0 aromatic heterocycles. The van der Waals surface area contributed by atoms with E-state index < -0.39 is 5.60 Å². The zero-order chi connectivity index (χ0) is 9.90. The maximum atomic E-state index is 5.19. The molecule has 3 heteroatoms. The standard InChI is InChI=1S/C10H15NO2/c1-10(2,13-11)8-5-4-6-9(7-8)12-3/h4-7H,11H2,1-3H3. The maximum Gasteiger partial charge on any atom is 0.119 e. The predicted molar refractivity (Wildman–Crippen MR) is 51.3 cm³/mol. The molecule has 1 aromatic carbocycles. The molecule has 0 fully saturated rings. The molecule has 0 aliphatic heterocycles. The van der Waals surface area contributed by atoms with Crippen molar-refractivity contribution in [3.63, 3.8) is 0 Å². The first kappa shape index (κ1) is 10.0. The molecule has 72 valence electrons. The minimum Gasteiger partial charge on any atom is -0.497 e. The molecule has 0 unspecified atom stereocenters. The molecule has 0 spiro atoms. The lowest BCUT2D eigenvalue weighted by molar-refractivity contribution is -0.0237. The highest BCUT2D eigenvalue weighted by atomic mass is 16.6. The van der Waals surface area contributed by atoms with Crippen LogP contribution in [0.15, 0.2) is 24.3 Å². The van der Waals surface area contributed by atoms with Gasteiger partial charge in [0.1, 0.15) is 11.4 Å². The number of hydrogen-bond acceptors (Lipinski definition) is 3. The fourth-order valence-corrected chi connectivity index (χ4v) is 1.07. The second kappa shape index (κ2) is 3.77. The van der Waals surface area contributed by atoms with E-state index in [0.29, 0.717) is 0 Å². The van der Waals surface area contributed by atoms with Crippen LogP contribution in [0.3, 0.4) is 0 Å². The van der Waals surface area contributed by atoms with Gasteiger partial charge >= 0.3 is 0 Å². The van der Waals surface area contributed by atoms with Crippen LogP contribution in [0.25, 0.3) is 0 Å². The molecule has 0 aliphatic carbocycles. The van der Waals surface area contributed by atoms with E-state index in [0.717, 1.165) is 11.3 Å². The highest BCUT2D eigenvalue weighted by Gasteiger charge is 2.20. The summed E-state index contributed by atoms with van der Waals surface area (Å²) in [5.74, 6) is 6.00. The Morgan fingerprint density at radius 1 is 1.31 bits per heavy atom. The van der Waals surface area contributed by atoms with E-state index >= 15 is 0 Å². The van der Waals surface area contributed by atoms with Gasteiger partial charge in [0, 0.05) is 0 Å². The van der Waals surface area contributed by atoms with E-state index in [-0.39, 0.29) is 0 Å². The van der Waals surface area contributed by atoms with E-state index in [1.54, 1.807) is 7.11 Å². The molecule has 0 saturated carbocycles. The number of ether oxygens (including phenoxy) is 1. The molecule has 2 N–H and O–H groups in total. The highest BCUT2D eigenvalue weighted by Crippen LogP contribution is 2.25. The Labute approximate surface area is 78.4 Å². The molecule has 0 bridgehead atoms. The predicted octanol–water partition coefficient (Wildman–Crippen LogP) is 1.82. The Balaban J connectivity index is 3.01. The quantitative estimate of drug-likeness (QED) is 0.723. The Morgan fingerprint density at radius 3 is 2.54 bits per heavy atom. The first-order valence-electron chi connectivity index (χ1n) is 4.12. The first-order valence-corrected chi connectivity index (χ1v) is 4.12. The third-order valence-electron chi connectivity index (χ3n) is 2.06. The van der Waals surface area contributed by atoms with Crippen LogP contribution in [0, 0.1) is 0 Å². The van der Waals surface area contributed by atoms with Gasteiger partial charge in [0.25, 0.3) is 0 Å². The van der Waals surface area contributed by atoms with E-state index in [4.69, 9.17) is 15.5 Å². The van der Waals surface area contributed by atoms with Crippen LogP contribution < -0.4 is 10.6 Å². The molecule has 3 nitrogen and oxygen atoms in total. The number of nitrogens with two attached hydrogens (primary N) is 1. The van der Waals surface area contributed by atoms with Gasteiger partial charge in [-0.15, -0.1) is 0 Å². The third-order valence-corrected chi connectivity index (χ3v) is 2.06. The number of rotatable bonds is 3. The summed E-state index contributed by atoms with van der Waals surface area (Å²) in [6.45, 7) is 3.81. The minimum atomic E-state index is -0.478. The van der Waals surface area contributed by atoms with Gasteiger partial charge in [-0.1, -0.05) is 12.1 Å². The molecular formula is C10H15NO2. The van der Waals surface area contributed by atoms with Crippen molar-refractivity contribution in [3.05, 3.63) is 29.8 Å². The summed E-state index contributed by atoms with van der Waals surface area (Å²) in [7, 11) is 1.63. The fourth-order valence-electron chi connectivity index (χ4n) is 1.07. The van der Waals surface area contributed by atoms with Gasteiger partial charge in [0.2, 0.25) is 0 Å². The van der Waals surface area contributed by atoms with Crippen molar-refractivity contribution in [2.45, 2.75) is 19.4 Å². The van der Waals surface area contributed by atoms with Crippen LogP contribution in [0.1, 0.15) is 19.4 Å². The Bertz CT molecular complexity index is 284. The number of hydrogen-bond donors (Lipinski definition) is 1. The van der Waals surface area contributed by atoms with Gasteiger partial charge < -0.3 is 4.74 Å². The Kier molecular flexibility index (Phi) is 2.90. The van der Waals surface area contributed by atoms with Gasteiger partial charge in [-0.3, -0.25) is 4.84 Å². The molecule has 13 heavy (non-hydrogen) atoms. The third kappa shape index (κ3) is 2.20. The largest absolute Gasteiger partial charge is 0.497 e. The average Bonchev–Trinajstić information content (AvgIpc) is 2.18. The van der Waals surface area contributed by atoms with Gasteiger partial charge in [-0.25, -0.2) is 5.90 Å². The van der Waals surface area contributed by atoms with Crippen molar-refractivity contribution in [2.75, 3.05) is 7.11 Å². The summed E-state index contributed by atoms with van der Waals surface area (Å²) in [6, 6.07) is 7.66. The van der Waals surface area contributed by atoms with E-state index in [9.17, 15) is 0 Å². The fraction of sp³-hybridized carbons (Fsp3) is 0.400. The maximum absolute atomic E-state index is 5.19. The van der Waals surface area contributed by atoms with E-state index in [2.05, 4.69) is 0 Å². The summed E-state index contributed by atoms with van der Waals surface area (Å²) in [5.41, 5.74) is 0.517. The molecule has 0 saturated heterocycles. The molecule has 0 heterocycles. The lowest BCUT2D eigenvalue weighted by atomic mass is 9.98. The highest BCUT2D eigenvalue weighted by molar-refractivity contribution is 5.31. The molecule has 1 rings (SSSR count). The smallest absolute Gasteiger partial charge is 0.119 e. The summed E-state index contributed by atoms with van der Waals surface area (Å²) < 4.78 is 5.10. The topological polar surface area (TPSA) is 44.5 Å². The van der Waals surface area contributed by atoms with Crippen LogP contribution in [-0.4, -0.2) is 7.11 Å². The first-order chi connectivity index (χ1) is 6.10. The van der Waals surface area contributed by atoms with E-state index in [1.165, 1.54) is 0 Å². The van der Waals surface area contributed by atoms with Crippen molar-refractivity contribution in [1.82, 2.24) is 0 Å². The summed E-state index contributed by atoms with van der Waals surface area (Å²) in [5, 5.41) is 0. The average molecular weight is 181 g/mol. The van der Waals surface area contributed by atoms with E-state index in [1.807, 2.05) is 38.1 Å². The SMILES string of the molecule is COc1cccc(C(C)(C)ON)c1. The molecular weight excluding hydrogens is 166 g/mol. The lowest BCUT2D eigenvalue weighted by Gasteiger charge is -2.22. The van der Waals surface area contributed by atoms with Gasteiger partial charge in [0.15, 0.2) is 0 Å². The van der Waals surface area contributed by atoms with Crippen LogP contribution in [0.5, 0.6) is 5.75 Å². The van der Waals surface area contributed by atoms with Crippen molar-refractivity contribution in [2.24, 2.45) is 5.90 Å². The summed E-state index contributed by atoms with van der Waals surface area (Å²) in [4.78, 5) is 4.87.